The smallest absolute Gasteiger partial charge is 0.269 e. The fraction of sp³-hybridized carbons (Fsp3) is 0.304. The van der Waals surface area contributed by atoms with Crippen LogP contribution in [0.1, 0.15) is 36.3 Å². The van der Waals surface area contributed by atoms with Gasteiger partial charge in [0.1, 0.15) is 5.69 Å². The van der Waals surface area contributed by atoms with Crippen molar-refractivity contribution in [1.29, 1.82) is 0 Å². The van der Waals surface area contributed by atoms with Gasteiger partial charge in [-0.1, -0.05) is 32.0 Å². The molecule has 4 aromatic rings. The molecule has 5 nitrogen and oxygen atoms in total. The Kier molecular flexibility index (Phi) is 5.81. The highest BCUT2D eigenvalue weighted by Gasteiger charge is 2.12. The lowest BCUT2D eigenvalue weighted by molar-refractivity contribution is 0.0949. The fourth-order valence-corrected chi connectivity index (χ4v) is 4.16. The minimum atomic E-state index is -0.123. The van der Waals surface area contributed by atoms with E-state index in [1.54, 1.807) is 17.4 Å². The Morgan fingerprint density at radius 2 is 2.14 bits per heavy atom. The molecule has 0 unspecified atom stereocenters. The first-order valence-corrected chi connectivity index (χ1v) is 11.0. The zero-order valence-electron chi connectivity index (χ0n) is 16.8. The van der Waals surface area contributed by atoms with Gasteiger partial charge in [0.25, 0.3) is 5.91 Å². The molecule has 0 radical (unpaired) electrons. The molecule has 29 heavy (non-hydrogen) atoms. The zero-order valence-corrected chi connectivity index (χ0v) is 17.6. The molecule has 0 saturated carbocycles. The maximum atomic E-state index is 12.5. The molecule has 6 heteroatoms. The highest BCUT2D eigenvalue weighted by molar-refractivity contribution is 7.08. The van der Waals surface area contributed by atoms with Crippen LogP contribution < -0.4 is 5.32 Å². The van der Waals surface area contributed by atoms with Crippen LogP contribution in [0.25, 0.3) is 22.2 Å². The summed E-state index contributed by atoms with van der Waals surface area (Å²) >= 11 is 1.61. The van der Waals surface area contributed by atoms with Gasteiger partial charge in [0, 0.05) is 41.1 Å². The predicted molar refractivity (Wildman–Crippen MR) is 119 cm³/mol. The molecule has 0 spiro atoms. The molecule has 2 N–H and O–H groups in total. The minimum absolute atomic E-state index is 0.123. The highest BCUT2D eigenvalue weighted by atomic mass is 32.1. The van der Waals surface area contributed by atoms with Gasteiger partial charge in [0.2, 0.25) is 0 Å². The van der Waals surface area contributed by atoms with Crippen molar-refractivity contribution >= 4 is 28.1 Å². The van der Waals surface area contributed by atoms with Gasteiger partial charge in [-0.2, -0.15) is 16.4 Å². The average molecular weight is 407 g/mol. The lowest BCUT2D eigenvalue weighted by Gasteiger charge is -2.07. The molecule has 3 heterocycles. The van der Waals surface area contributed by atoms with Gasteiger partial charge in [-0.25, -0.2) is 0 Å². The van der Waals surface area contributed by atoms with Gasteiger partial charge in [0.05, 0.1) is 5.69 Å². The number of thiophene rings is 1. The third-order valence-electron chi connectivity index (χ3n) is 5.14. The SMILES string of the molecule is CC(C)CCn1cc(CCNC(=O)c2cc(-c3ccsc3)n[nH]2)c2ccccc21. The van der Waals surface area contributed by atoms with Crippen LogP contribution in [0.4, 0.5) is 0 Å². The molecular weight excluding hydrogens is 380 g/mol. The van der Waals surface area contributed by atoms with Crippen LogP contribution in [-0.4, -0.2) is 27.2 Å². The Balaban J connectivity index is 1.40. The zero-order chi connectivity index (χ0) is 20.2. The number of aromatic nitrogens is 3. The van der Waals surface area contributed by atoms with Gasteiger partial charge >= 0.3 is 0 Å². The van der Waals surface area contributed by atoms with Crippen molar-refractivity contribution in [2.75, 3.05) is 6.54 Å². The van der Waals surface area contributed by atoms with Crippen molar-refractivity contribution in [3.63, 3.8) is 0 Å². The first kappa shape index (κ1) is 19.5. The third-order valence-corrected chi connectivity index (χ3v) is 5.82. The van der Waals surface area contributed by atoms with Crippen molar-refractivity contribution in [2.24, 2.45) is 5.92 Å². The molecular formula is C23H26N4OS. The second kappa shape index (κ2) is 8.66. The number of nitrogens with zero attached hydrogens (tertiary/aromatic N) is 2. The summed E-state index contributed by atoms with van der Waals surface area (Å²) in [5.74, 6) is 0.551. The minimum Gasteiger partial charge on any atom is -0.350 e. The van der Waals surface area contributed by atoms with Crippen LogP contribution in [0.3, 0.4) is 0 Å². The normalized spacial score (nSPS) is 11.4. The first-order chi connectivity index (χ1) is 14.1. The van der Waals surface area contributed by atoms with Crippen molar-refractivity contribution in [2.45, 2.75) is 33.2 Å². The Morgan fingerprint density at radius 1 is 1.28 bits per heavy atom. The molecule has 0 bridgehead atoms. The van der Waals surface area contributed by atoms with Crippen LogP contribution in [0, 0.1) is 5.92 Å². The molecule has 0 aliphatic heterocycles. The van der Waals surface area contributed by atoms with E-state index in [0.29, 0.717) is 18.2 Å². The topological polar surface area (TPSA) is 62.7 Å². The number of aryl methyl sites for hydroxylation is 1. The van der Waals surface area contributed by atoms with Crippen LogP contribution in [0.2, 0.25) is 0 Å². The summed E-state index contributed by atoms with van der Waals surface area (Å²) in [6, 6.07) is 12.3. The monoisotopic (exact) mass is 406 g/mol. The second-order valence-electron chi connectivity index (χ2n) is 7.73. The number of carbonyl (C=O) groups excluding carboxylic acids is 1. The van der Waals surface area contributed by atoms with Crippen LogP contribution in [-0.2, 0) is 13.0 Å². The molecule has 0 atom stereocenters. The van der Waals surface area contributed by atoms with Crippen molar-refractivity contribution in [3.8, 4) is 11.3 Å². The Hall–Kier alpha value is -2.86. The van der Waals surface area contributed by atoms with Gasteiger partial charge in [-0.05, 0) is 47.9 Å². The molecule has 0 aliphatic rings. The van der Waals surface area contributed by atoms with Gasteiger partial charge in [-0.3, -0.25) is 9.89 Å². The summed E-state index contributed by atoms with van der Waals surface area (Å²) in [6.45, 7) is 6.11. The lowest BCUT2D eigenvalue weighted by Crippen LogP contribution is -2.26. The molecule has 150 valence electrons. The van der Waals surface area contributed by atoms with E-state index in [-0.39, 0.29) is 5.91 Å². The number of aromatic amines is 1. The summed E-state index contributed by atoms with van der Waals surface area (Å²) in [5, 5.41) is 15.4. The summed E-state index contributed by atoms with van der Waals surface area (Å²) in [6.07, 6.45) is 4.19. The third kappa shape index (κ3) is 4.43. The van der Waals surface area contributed by atoms with Crippen LogP contribution in [0.5, 0.6) is 0 Å². The Bertz CT molecular complexity index is 1090. The van der Waals surface area contributed by atoms with E-state index < -0.39 is 0 Å². The number of hydrogen-bond acceptors (Lipinski definition) is 3. The number of hydrogen-bond donors (Lipinski definition) is 2. The number of nitrogens with one attached hydrogen (secondary N) is 2. The molecule has 4 rings (SSSR count). The Labute approximate surface area is 174 Å². The van der Waals surface area contributed by atoms with E-state index in [0.717, 1.165) is 30.6 Å². The van der Waals surface area contributed by atoms with Gasteiger partial charge < -0.3 is 9.88 Å². The summed E-state index contributed by atoms with van der Waals surface area (Å²) < 4.78 is 2.34. The standard InChI is InChI=1S/C23H26N4OS/c1-16(2)8-11-27-14-17(19-5-3-4-6-22(19)27)7-10-24-23(28)21-13-20(25-26-21)18-9-12-29-15-18/h3-6,9,12-16H,7-8,10-11H2,1-2H3,(H,24,28)(H,25,26). The number of benzene rings is 1. The molecule has 3 aromatic heterocycles. The molecule has 0 aliphatic carbocycles. The van der Waals surface area contributed by atoms with E-state index in [2.05, 4.69) is 64.4 Å². The van der Waals surface area contributed by atoms with E-state index in [9.17, 15) is 4.79 Å². The predicted octanol–water partition coefficient (Wildman–Crippen LogP) is 5.11. The quantitative estimate of drug-likeness (QED) is 0.427. The molecule has 0 fully saturated rings. The number of fused-ring (bicyclic) bond motifs is 1. The summed E-state index contributed by atoms with van der Waals surface area (Å²) in [7, 11) is 0. The van der Waals surface area contributed by atoms with Crippen LogP contribution >= 0.6 is 11.3 Å². The summed E-state index contributed by atoms with van der Waals surface area (Å²) in [5.41, 5.74) is 4.85. The maximum Gasteiger partial charge on any atom is 0.269 e. The van der Waals surface area contributed by atoms with Crippen LogP contribution in [0.15, 0.2) is 53.4 Å². The average Bonchev–Trinajstić information content (AvgIpc) is 3.46. The van der Waals surface area contributed by atoms with Gasteiger partial charge in [-0.15, -0.1) is 0 Å². The van der Waals surface area contributed by atoms with E-state index in [1.807, 2.05) is 16.8 Å². The largest absolute Gasteiger partial charge is 0.350 e. The van der Waals surface area contributed by atoms with Crippen molar-refractivity contribution < 1.29 is 4.79 Å². The van der Waals surface area contributed by atoms with E-state index in [1.165, 1.54) is 16.5 Å². The molecule has 1 aromatic carbocycles. The van der Waals surface area contributed by atoms with E-state index in [4.69, 9.17) is 0 Å². The number of rotatable bonds is 8. The molecule has 1 amide bonds. The Morgan fingerprint density at radius 3 is 2.93 bits per heavy atom. The summed E-state index contributed by atoms with van der Waals surface area (Å²) in [4.78, 5) is 12.5. The second-order valence-corrected chi connectivity index (χ2v) is 8.51. The van der Waals surface area contributed by atoms with E-state index >= 15 is 0 Å². The number of carbonyl (C=O) groups is 1. The number of H-pyrrole nitrogens is 1. The van der Waals surface area contributed by atoms with Crippen molar-refractivity contribution in [3.05, 3.63) is 64.6 Å². The first-order valence-electron chi connectivity index (χ1n) is 10.0. The fourth-order valence-electron chi connectivity index (χ4n) is 3.51. The van der Waals surface area contributed by atoms with Gasteiger partial charge in [0.15, 0.2) is 0 Å². The highest BCUT2D eigenvalue weighted by Crippen LogP contribution is 2.23. The molecule has 0 saturated heterocycles. The number of para-hydroxylation sites is 1. The van der Waals surface area contributed by atoms with Crippen molar-refractivity contribution in [1.82, 2.24) is 20.1 Å². The number of amides is 1. The maximum absolute atomic E-state index is 12.5. The lowest BCUT2D eigenvalue weighted by atomic mass is 10.1.